The highest BCUT2D eigenvalue weighted by atomic mass is 32.1. The van der Waals surface area contributed by atoms with Crippen LogP contribution in [0.5, 0.6) is 0 Å². The minimum Gasteiger partial charge on any atom is -0.367 e. The molecule has 1 atom stereocenters. The molecule has 0 saturated carbocycles. The van der Waals surface area contributed by atoms with Gasteiger partial charge in [-0.15, -0.1) is 11.3 Å². The van der Waals surface area contributed by atoms with Crippen molar-refractivity contribution in [1.29, 1.82) is 0 Å². The van der Waals surface area contributed by atoms with Crippen molar-refractivity contribution in [3.05, 3.63) is 93.9 Å². The molecule has 0 saturated heterocycles. The Kier molecular flexibility index (Phi) is 9.79. The Hall–Kier alpha value is -3.03. The van der Waals surface area contributed by atoms with Crippen molar-refractivity contribution in [3.8, 4) is 0 Å². The van der Waals surface area contributed by atoms with Crippen LogP contribution in [0.15, 0.2) is 72.1 Å². The zero-order valence-corrected chi connectivity index (χ0v) is 20.5. The Morgan fingerprint density at radius 2 is 1.68 bits per heavy atom. The Morgan fingerprint density at radius 3 is 2.32 bits per heavy atom. The van der Waals surface area contributed by atoms with Crippen molar-refractivity contribution < 1.29 is 18.7 Å². The summed E-state index contributed by atoms with van der Waals surface area (Å²) in [5.74, 6) is -0.685. The molecule has 0 bridgehead atoms. The van der Waals surface area contributed by atoms with E-state index in [9.17, 15) is 14.0 Å². The zero-order chi connectivity index (χ0) is 24.3. The number of amides is 2. The molecule has 0 spiro atoms. The molecule has 7 heteroatoms. The van der Waals surface area contributed by atoms with E-state index in [-0.39, 0.29) is 36.8 Å². The van der Waals surface area contributed by atoms with Gasteiger partial charge in [0.2, 0.25) is 11.8 Å². The molecular weight excluding hydrogens is 451 g/mol. The van der Waals surface area contributed by atoms with Crippen molar-refractivity contribution in [2.45, 2.75) is 46.0 Å². The molecule has 3 rings (SSSR count). The average Bonchev–Trinajstić information content (AvgIpc) is 3.36. The van der Waals surface area contributed by atoms with Gasteiger partial charge in [0, 0.05) is 17.5 Å². The average molecular weight is 483 g/mol. The normalized spacial score (nSPS) is 11.7. The number of carbonyl (C=O) groups excluding carboxylic acids is 2. The first-order chi connectivity index (χ1) is 16.5. The summed E-state index contributed by atoms with van der Waals surface area (Å²) in [6.45, 7) is 4.91. The van der Waals surface area contributed by atoms with Crippen LogP contribution in [-0.2, 0) is 34.0 Å². The van der Waals surface area contributed by atoms with Gasteiger partial charge < -0.3 is 14.5 Å². The number of carbonyl (C=O) groups is 2. The van der Waals surface area contributed by atoms with E-state index in [0.29, 0.717) is 19.7 Å². The number of nitrogens with zero attached hydrogens (tertiary/aromatic N) is 2. The fourth-order valence-corrected chi connectivity index (χ4v) is 4.22. The smallest absolute Gasteiger partial charge is 0.249 e. The Balaban J connectivity index is 1.67. The number of ether oxygens (including phenoxy) is 1. The summed E-state index contributed by atoms with van der Waals surface area (Å²) in [5, 5.41) is 1.97. The van der Waals surface area contributed by atoms with Gasteiger partial charge in [0.15, 0.2) is 0 Å². The summed E-state index contributed by atoms with van der Waals surface area (Å²) in [4.78, 5) is 30.7. The molecule has 2 aromatic carbocycles. The number of rotatable bonds is 12. The van der Waals surface area contributed by atoms with Crippen molar-refractivity contribution >= 4 is 23.2 Å². The van der Waals surface area contributed by atoms with Gasteiger partial charge in [0.25, 0.3) is 0 Å². The van der Waals surface area contributed by atoms with Crippen LogP contribution in [-0.4, -0.2) is 40.8 Å². The number of halogens is 1. The molecule has 5 nitrogen and oxygen atoms in total. The van der Waals surface area contributed by atoms with E-state index >= 15 is 0 Å². The van der Waals surface area contributed by atoms with E-state index in [0.717, 1.165) is 22.4 Å². The maximum Gasteiger partial charge on any atom is 0.249 e. The second-order valence-corrected chi connectivity index (χ2v) is 9.25. The van der Waals surface area contributed by atoms with Gasteiger partial charge >= 0.3 is 0 Å². The van der Waals surface area contributed by atoms with Gasteiger partial charge in [0.1, 0.15) is 19.0 Å². The van der Waals surface area contributed by atoms with E-state index in [4.69, 9.17) is 4.74 Å². The molecule has 1 aromatic heterocycles. The van der Waals surface area contributed by atoms with Crippen molar-refractivity contribution in [2.75, 3.05) is 13.2 Å². The van der Waals surface area contributed by atoms with Gasteiger partial charge in [-0.25, -0.2) is 4.39 Å². The van der Waals surface area contributed by atoms with Gasteiger partial charge in [-0.1, -0.05) is 55.5 Å². The monoisotopic (exact) mass is 482 g/mol. The fraction of sp³-hybridized carbons (Fsp3) is 0.333. The van der Waals surface area contributed by atoms with E-state index in [1.165, 1.54) is 12.1 Å². The highest BCUT2D eigenvalue weighted by Gasteiger charge is 2.25. The standard InChI is InChI=1S/C27H31FN2O3S/c1-3-21(2)30(27(32)20-33-19-23-8-5-4-6-9-23)18-26(31)29(17-25-10-7-15-34-25)16-22-11-13-24(28)14-12-22/h4-15,21H,3,16-20H2,1-2H3. The number of hydrogen-bond donors (Lipinski definition) is 0. The number of benzene rings is 2. The first kappa shape index (κ1) is 25.6. The Morgan fingerprint density at radius 1 is 0.941 bits per heavy atom. The number of hydrogen-bond acceptors (Lipinski definition) is 4. The summed E-state index contributed by atoms with van der Waals surface area (Å²) in [5.41, 5.74) is 1.82. The summed E-state index contributed by atoms with van der Waals surface area (Å²) >= 11 is 1.57. The fourth-order valence-electron chi connectivity index (χ4n) is 3.50. The lowest BCUT2D eigenvalue weighted by Gasteiger charge is -2.31. The van der Waals surface area contributed by atoms with Crippen LogP contribution in [0.4, 0.5) is 4.39 Å². The Bertz CT molecular complexity index is 1030. The van der Waals surface area contributed by atoms with Crippen molar-refractivity contribution in [1.82, 2.24) is 9.80 Å². The highest BCUT2D eigenvalue weighted by molar-refractivity contribution is 7.09. The molecule has 34 heavy (non-hydrogen) atoms. The first-order valence-corrected chi connectivity index (χ1v) is 12.3. The van der Waals surface area contributed by atoms with E-state index in [2.05, 4.69) is 0 Å². The third-order valence-electron chi connectivity index (χ3n) is 5.65. The number of thiophene rings is 1. The van der Waals surface area contributed by atoms with Crippen LogP contribution in [0, 0.1) is 5.82 Å². The maximum atomic E-state index is 13.4. The van der Waals surface area contributed by atoms with Crippen LogP contribution in [0.3, 0.4) is 0 Å². The van der Waals surface area contributed by atoms with Crippen LogP contribution in [0.1, 0.15) is 36.3 Å². The Labute approximate surface area is 204 Å². The van der Waals surface area contributed by atoms with Crippen molar-refractivity contribution in [2.24, 2.45) is 0 Å². The summed E-state index contributed by atoms with van der Waals surface area (Å²) < 4.78 is 19.0. The van der Waals surface area contributed by atoms with Gasteiger partial charge in [0.05, 0.1) is 13.2 Å². The van der Waals surface area contributed by atoms with Gasteiger partial charge in [-0.2, -0.15) is 0 Å². The molecule has 0 radical (unpaired) electrons. The third kappa shape index (κ3) is 7.78. The molecule has 180 valence electrons. The lowest BCUT2D eigenvalue weighted by Crippen LogP contribution is -2.47. The topological polar surface area (TPSA) is 49.9 Å². The molecule has 0 aliphatic carbocycles. The molecule has 1 unspecified atom stereocenters. The molecule has 3 aromatic rings. The summed E-state index contributed by atoms with van der Waals surface area (Å²) in [7, 11) is 0. The van der Waals surface area contributed by atoms with Crippen LogP contribution in [0.2, 0.25) is 0 Å². The summed E-state index contributed by atoms with van der Waals surface area (Å²) in [6, 6.07) is 19.6. The lowest BCUT2D eigenvalue weighted by molar-refractivity contribution is -0.146. The van der Waals surface area contributed by atoms with E-state index in [1.807, 2.05) is 61.7 Å². The van der Waals surface area contributed by atoms with Crippen LogP contribution >= 0.6 is 11.3 Å². The SMILES string of the molecule is CCC(C)N(CC(=O)N(Cc1ccc(F)cc1)Cc1cccs1)C(=O)COCc1ccccc1. The molecule has 0 N–H and O–H groups in total. The van der Waals surface area contributed by atoms with Gasteiger partial charge in [-0.05, 0) is 48.1 Å². The second-order valence-electron chi connectivity index (χ2n) is 8.21. The molecule has 0 aliphatic rings. The van der Waals surface area contributed by atoms with Gasteiger partial charge in [-0.3, -0.25) is 9.59 Å². The van der Waals surface area contributed by atoms with Crippen LogP contribution < -0.4 is 0 Å². The van der Waals surface area contributed by atoms with E-state index in [1.54, 1.807) is 33.3 Å². The minimum absolute atomic E-state index is 0.0326. The molecule has 0 fully saturated rings. The third-order valence-corrected chi connectivity index (χ3v) is 6.51. The zero-order valence-electron chi connectivity index (χ0n) is 19.7. The molecular formula is C27H31FN2O3S. The van der Waals surface area contributed by atoms with Crippen molar-refractivity contribution in [3.63, 3.8) is 0 Å². The quantitative estimate of drug-likeness (QED) is 0.354. The van der Waals surface area contributed by atoms with E-state index < -0.39 is 0 Å². The maximum absolute atomic E-state index is 13.4. The molecule has 0 aliphatic heterocycles. The molecule has 2 amide bonds. The largest absolute Gasteiger partial charge is 0.367 e. The lowest BCUT2D eigenvalue weighted by atomic mass is 10.2. The predicted octanol–water partition coefficient (Wildman–Crippen LogP) is 5.26. The first-order valence-electron chi connectivity index (χ1n) is 11.4. The predicted molar refractivity (Wildman–Crippen MR) is 133 cm³/mol. The molecule has 1 heterocycles. The summed E-state index contributed by atoms with van der Waals surface area (Å²) in [6.07, 6.45) is 0.723. The van der Waals surface area contributed by atoms with Crippen LogP contribution in [0.25, 0.3) is 0 Å². The highest BCUT2D eigenvalue weighted by Crippen LogP contribution is 2.16. The second kappa shape index (κ2) is 13.0. The minimum atomic E-state index is -0.316.